The molecule has 0 heterocycles. The minimum atomic E-state index is -0.582. The van der Waals surface area contributed by atoms with E-state index in [2.05, 4.69) is 10.6 Å². The molecule has 0 radical (unpaired) electrons. The van der Waals surface area contributed by atoms with Gasteiger partial charge in [0.05, 0.1) is 5.69 Å². The maximum atomic E-state index is 13.5. The van der Waals surface area contributed by atoms with Gasteiger partial charge in [0.2, 0.25) is 5.91 Å². The van der Waals surface area contributed by atoms with Gasteiger partial charge in [-0.25, -0.2) is 4.39 Å². The van der Waals surface area contributed by atoms with Crippen molar-refractivity contribution in [2.45, 2.75) is 44.7 Å². The van der Waals surface area contributed by atoms with Gasteiger partial charge in [-0.05, 0) is 31.9 Å². The smallest absolute Gasteiger partial charge is 0.242 e. The van der Waals surface area contributed by atoms with E-state index in [0.29, 0.717) is 5.69 Å². The number of anilines is 1. The molecule has 2 rings (SSSR count). The van der Waals surface area contributed by atoms with Crippen molar-refractivity contribution in [2.24, 2.45) is 0 Å². The van der Waals surface area contributed by atoms with Crippen molar-refractivity contribution in [3.63, 3.8) is 0 Å². The molecule has 1 atom stereocenters. The molecule has 1 aliphatic rings. The van der Waals surface area contributed by atoms with E-state index in [1.807, 2.05) is 6.07 Å². The first-order valence-corrected chi connectivity index (χ1v) is 6.87. The number of nitriles is 1. The van der Waals surface area contributed by atoms with Crippen LogP contribution in [-0.4, -0.2) is 18.0 Å². The monoisotopic (exact) mass is 275 g/mol. The van der Waals surface area contributed by atoms with Crippen molar-refractivity contribution in [2.75, 3.05) is 5.32 Å². The van der Waals surface area contributed by atoms with Crippen LogP contribution in [0.25, 0.3) is 0 Å². The average Bonchev–Trinajstić information content (AvgIpc) is 2.91. The summed E-state index contributed by atoms with van der Waals surface area (Å²) in [5.41, 5.74) is 0.287. The van der Waals surface area contributed by atoms with E-state index in [-0.39, 0.29) is 17.5 Å². The number of hydrogen-bond acceptors (Lipinski definition) is 3. The first-order valence-electron chi connectivity index (χ1n) is 6.87. The van der Waals surface area contributed by atoms with Crippen molar-refractivity contribution < 1.29 is 9.18 Å². The highest BCUT2D eigenvalue weighted by Gasteiger charge is 2.21. The average molecular weight is 275 g/mol. The molecule has 0 spiro atoms. The predicted octanol–water partition coefficient (Wildman–Crippen LogP) is 2.56. The number of nitrogens with zero attached hydrogens (tertiary/aromatic N) is 1. The number of benzene rings is 1. The van der Waals surface area contributed by atoms with Crippen molar-refractivity contribution in [3.8, 4) is 6.07 Å². The number of carbonyl (C=O) groups excluding carboxylic acids is 1. The number of amides is 1. The Labute approximate surface area is 118 Å². The van der Waals surface area contributed by atoms with E-state index < -0.39 is 11.9 Å². The summed E-state index contributed by atoms with van der Waals surface area (Å²) >= 11 is 0. The fourth-order valence-electron chi connectivity index (χ4n) is 2.45. The van der Waals surface area contributed by atoms with Gasteiger partial charge in [0.15, 0.2) is 0 Å². The zero-order valence-electron chi connectivity index (χ0n) is 11.4. The molecule has 2 N–H and O–H groups in total. The second kappa shape index (κ2) is 6.38. The molecule has 1 aromatic rings. The van der Waals surface area contributed by atoms with Gasteiger partial charge >= 0.3 is 0 Å². The number of hydrogen-bond donors (Lipinski definition) is 2. The summed E-state index contributed by atoms with van der Waals surface area (Å²) in [5.74, 6) is -0.703. The Hall–Kier alpha value is -2.09. The SMILES string of the molecule is CC(Nc1cccc(F)c1C#N)C(=O)NC1CCCC1. The molecule has 1 fully saturated rings. The summed E-state index contributed by atoms with van der Waals surface area (Å²) in [5, 5.41) is 14.8. The van der Waals surface area contributed by atoms with Crippen LogP contribution in [0.1, 0.15) is 38.2 Å². The Bertz CT molecular complexity index is 532. The number of rotatable bonds is 4. The number of halogens is 1. The standard InChI is InChI=1S/C15H18FN3O/c1-10(15(20)19-11-5-2-3-6-11)18-14-8-4-7-13(16)12(14)9-17/h4,7-8,10-11,18H,2-3,5-6H2,1H3,(H,19,20). The van der Waals surface area contributed by atoms with Gasteiger partial charge in [-0.2, -0.15) is 5.26 Å². The van der Waals surface area contributed by atoms with Crippen molar-refractivity contribution in [1.29, 1.82) is 5.26 Å². The molecule has 0 aliphatic heterocycles. The van der Waals surface area contributed by atoms with Gasteiger partial charge in [-0.1, -0.05) is 18.9 Å². The lowest BCUT2D eigenvalue weighted by Crippen LogP contribution is -2.42. The molecule has 1 unspecified atom stereocenters. The summed E-state index contributed by atoms with van der Waals surface area (Å²) in [4.78, 5) is 12.0. The van der Waals surface area contributed by atoms with Crippen LogP contribution in [0.3, 0.4) is 0 Å². The predicted molar refractivity (Wildman–Crippen MR) is 74.6 cm³/mol. The minimum Gasteiger partial charge on any atom is -0.373 e. The molecule has 1 amide bonds. The molecule has 0 bridgehead atoms. The van der Waals surface area contributed by atoms with Crippen molar-refractivity contribution in [3.05, 3.63) is 29.6 Å². The second-order valence-corrected chi connectivity index (χ2v) is 5.13. The van der Waals surface area contributed by atoms with Gasteiger partial charge in [0.25, 0.3) is 0 Å². The fraction of sp³-hybridized carbons (Fsp3) is 0.467. The zero-order valence-corrected chi connectivity index (χ0v) is 11.4. The van der Waals surface area contributed by atoms with Crippen LogP contribution >= 0.6 is 0 Å². The molecule has 20 heavy (non-hydrogen) atoms. The molecule has 106 valence electrons. The first kappa shape index (κ1) is 14.3. The Morgan fingerprint density at radius 1 is 1.45 bits per heavy atom. The Kier molecular flexibility index (Phi) is 4.57. The van der Waals surface area contributed by atoms with Gasteiger partial charge in [-0.15, -0.1) is 0 Å². The highest BCUT2D eigenvalue weighted by Crippen LogP contribution is 2.20. The van der Waals surface area contributed by atoms with Crippen molar-refractivity contribution >= 4 is 11.6 Å². The molecule has 1 aliphatic carbocycles. The largest absolute Gasteiger partial charge is 0.373 e. The Balaban J connectivity index is 2.00. The van der Waals surface area contributed by atoms with Gasteiger partial charge in [0, 0.05) is 6.04 Å². The molecule has 1 aromatic carbocycles. The normalized spacial score (nSPS) is 16.4. The lowest BCUT2D eigenvalue weighted by atomic mass is 10.1. The van der Waals surface area contributed by atoms with E-state index in [1.165, 1.54) is 12.1 Å². The molecular weight excluding hydrogens is 257 g/mol. The van der Waals surface area contributed by atoms with Crippen LogP contribution in [0.2, 0.25) is 0 Å². The maximum absolute atomic E-state index is 13.5. The third-order valence-corrected chi connectivity index (χ3v) is 3.59. The zero-order chi connectivity index (χ0) is 14.5. The van der Waals surface area contributed by atoms with Crippen LogP contribution in [0.15, 0.2) is 18.2 Å². The quantitative estimate of drug-likeness (QED) is 0.887. The van der Waals surface area contributed by atoms with Crippen LogP contribution in [-0.2, 0) is 4.79 Å². The maximum Gasteiger partial charge on any atom is 0.242 e. The topological polar surface area (TPSA) is 64.9 Å². The van der Waals surface area contributed by atoms with Crippen LogP contribution < -0.4 is 10.6 Å². The highest BCUT2D eigenvalue weighted by molar-refractivity contribution is 5.85. The third-order valence-electron chi connectivity index (χ3n) is 3.59. The molecule has 0 aromatic heterocycles. The van der Waals surface area contributed by atoms with E-state index >= 15 is 0 Å². The molecule has 1 saturated carbocycles. The fourth-order valence-corrected chi connectivity index (χ4v) is 2.45. The van der Waals surface area contributed by atoms with E-state index in [0.717, 1.165) is 25.7 Å². The summed E-state index contributed by atoms with van der Waals surface area (Å²) in [6, 6.07) is 5.89. The van der Waals surface area contributed by atoms with Gasteiger partial charge < -0.3 is 10.6 Å². The summed E-state index contributed by atoms with van der Waals surface area (Å²) < 4.78 is 13.5. The summed E-state index contributed by atoms with van der Waals surface area (Å²) in [6.45, 7) is 1.70. The summed E-state index contributed by atoms with van der Waals surface area (Å²) in [6.07, 6.45) is 4.33. The summed E-state index contributed by atoms with van der Waals surface area (Å²) in [7, 11) is 0. The molecule has 5 heteroatoms. The third kappa shape index (κ3) is 3.27. The molecular formula is C15H18FN3O. The lowest BCUT2D eigenvalue weighted by Gasteiger charge is -2.19. The Morgan fingerprint density at radius 3 is 2.80 bits per heavy atom. The second-order valence-electron chi connectivity index (χ2n) is 5.13. The number of nitrogens with one attached hydrogen (secondary N) is 2. The van der Waals surface area contributed by atoms with Gasteiger partial charge in [0.1, 0.15) is 23.5 Å². The lowest BCUT2D eigenvalue weighted by molar-refractivity contribution is -0.122. The van der Waals surface area contributed by atoms with Crippen molar-refractivity contribution in [1.82, 2.24) is 5.32 Å². The highest BCUT2D eigenvalue weighted by atomic mass is 19.1. The number of carbonyl (C=O) groups is 1. The first-order chi connectivity index (χ1) is 9.61. The van der Waals surface area contributed by atoms with E-state index in [9.17, 15) is 9.18 Å². The van der Waals surface area contributed by atoms with Crippen LogP contribution in [0.5, 0.6) is 0 Å². The Morgan fingerprint density at radius 2 is 2.15 bits per heavy atom. The van der Waals surface area contributed by atoms with E-state index in [4.69, 9.17) is 5.26 Å². The van der Waals surface area contributed by atoms with E-state index in [1.54, 1.807) is 13.0 Å². The van der Waals surface area contributed by atoms with Crippen LogP contribution in [0.4, 0.5) is 10.1 Å². The molecule has 4 nitrogen and oxygen atoms in total. The van der Waals surface area contributed by atoms with Gasteiger partial charge in [-0.3, -0.25) is 4.79 Å². The minimum absolute atomic E-state index is 0.0620. The molecule has 0 saturated heterocycles. The van der Waals surface area contributed by atoms with Crippen LogP contribution in [0, 0.1) is 17.1 Å².